The number of rotatable bonds is 1. The summed E-state index contributed by atoms with van der Waals surface area (Å²) in [6.45, 7) is 8.25. The van der Waals surface area contributed by atoms with Crippen molar-refractivity contribution in [2.75, 3.05) is 12.4 Å². The number of benzene rings is 2. The lowest BCUT2D eigenvalue weighted by Gasteiger charge is -2.00. The van der Waals surface area contributed by atoms with Gasteiger partial charge in [-0.1, -0.05) is 32.0 Å². The molecule has 2 aromatic carbocycles. The van der Waals surface area contributed by atoms with Crippen molar-refractivity contribution in [1.29, 1.82) is 5.26 Å². The van der Waals surface area contributed by atoms with Crippen molar-refractivity contribution in [2.24, 2.45) is 0 Å². The van der Waals surface area contributed by atoms with Crippen LogP contribution in [0.3, 0.4) is 0 Å². The van der Waals surface area contributed by atoms with Crippen LogP contribution in [0.5, 0.6) is 0 Å². The summed E-state index contributed by atoms with van der Waals surface area (Å²) < 4.78 is 12.5. The molecule has 126 valence electrons. The molecule has 0 aliphatic rings. The number of aryl methyl sites for hydroxylation is 2. The Labute approximate surface area is 143 Å². The van der Waals surface area contributed by atoms with E-state index in [0.717, 1.165) is 0 Å². The molecule has 3 rings (SSSR count). The number of anilines is 1. The van der Waals surface area contributed by atoms with Crippen molar-refractivity contribution in [1.82, 2.24) is 4.98 Å². The van der Waals surface area contributed by atoms with Gasteiger partial charge in [-0.05, 0) is 43.7 Å². The van der Waals surface area contributed by atoms with Gasteiger partial charge in [0.15, 0.2) is 0 Å². The topological polar surface area (TPSA) is 51.6 Å². The number of hydrogen-bond donors (Lipinski definition) is 2. The van der Waals surface area contributed by atoms with E-state index in [4.69, 9.17) is 5.26 Å². The van der Waals surface area contributed by atoms with E-state index in [1.54, 1.807) is 7.05 Å². The van der Waals surface area contributed by atoms with E-state index >= 15 is 0 Å². The normalized spacial score (nSPS) is 9.21. The first-order valence-corrected chi connectivity index (χ1v) is 7.98. The van der Waals surface area contributed by atoms with Crippen molar-refractivity contribution in [3.63, 3.8) is 0 Å². The Kier molecular flexibility index (Phi) is 7.51. The molecule has 0 unspecified atom stereocenters. The van der Waals surface area contributed by atoms with Gasteiger partial charge in [0.2, 0.25) is 0 Å². The van der Waals surface area contributed by atoms with Crippen LogP contribution in [-0.2, 0) is 0 Å². The first-order valence-electron chi connectivity index (χ1n) is 7.98. The highest BCUT2D eigenvalue weighted by Crippen LogP contribution is 2.19. The van der Waals surface area contributed by atoms with Gasteiger partial charge in [-0.25, -0.2) is 4.39 Å². The largest absolute Gasteiger partial charge is 0.387 e. The summed E-state index contributed by atoms with van der Waals surface area (Å²) in [5, 5.41) is 12.6. The molecule has 4 heteroatoms. The summed E-state index contributed by atoms with van der Waals surface area (Å²) in [6.07, 6.45) is 0. The van der Waals surface area contributed by atoms with Crippen molar-refractivity contribution in [3.05, 3.63) is 65.1 Å². The number of nitrogens with one attached hydrogen (secondary N) is 2. The van der Waals surface area contributed by atoms with Gasteiger partial charge in [0, 0.05) is 23.6 Å². The molecule has 0 bridgehead atoms. The first kappa shape index (κ1) is 19.2. The Hall–Kier alpha value is -2.80. The first-order chi connectivity index (χ1) is 11.6. The predicted molar refractivity (Wildman–Crippen MR) is 99.8 cm³/mol. The van der Waals surface area contributed by atoms with E-state index in [0.29, 0.717) is 11.3 Å². The van der Waals surface area contributed by atoms with E-state index in [9.17, 15) is 4.39 Å². The molecule has 1 heterocycles. The Morgan fingerprint density at radius 3 is 2.33 bits per heavy atom. The predicted octanol–water partition coefficient (Wildman–Crippen LogP) is 5.55. The summed E-state index contributed by atoms with van der Waals surface area (Å²) in [5.74, 6) is -0.339. The second-order valence-corrected chi connectivity index (χ2v) is 4.97. The van der Waals surface area contributed by atoms with Crippen molar-refractivity contribution < 1.29 is 4.39 Å². The maximum absolute atomic E-state index is 12.5. The number of hydrogen-bond acceptors (Lipinski definition) is 2. The summed E-state index contributed by atoms with van der Waals surface area (Å²) in [5.41, 5.74) is 4.84. The Bertz CT molecular complexity index is 829. The molecule has 2 N–H and O–H groups in total. The molecule has 0 aliphatic heterocycles. The summed E-state index contributed by atoms with van der Waals surface area (Å²) in [6, 6.07) is 14.3. The SMILES string of the molecule is CC.CNc1cc(F)ccc1C#N.Cc1[nH]c2ccccc2c1C. The number of nitrogens with zero attached hydrogens (tertiary/aromatic N) is 1. The number of aromatic amines is 1. The minimum Gasteiger partial charge on any atom is -0.387 e. The lowest BCUT2D eigenvalue weighted by molar-refractivity contribution is 0.628. The van der Waals surface area contributed by atoms with Gasteiger partial charge >= 0.3 is 0 Å². The number of fused-ring (bicyclic) bond motifs is 1. The van der Waals surface area contributed by atoms with Gasteiger partial charge in [0.05, 0.1) is 11.3 Å². The standard InChI is InChI=1S/C10H11N.C8H7FN2.C2H6/c1-7-8(2)11-10-6-4-3-5-9(7)10;1-11-8-4-7(9)3-2-6(8)5-10;1-2/h3-6,11H,1-2H3;2-4,11H,1H3;1-2H3. The van der Waals surface area contributed by atoms with Crippen LogP contribution in [0.4, 0.5) is 10.1 Å². The van der Waals surface area contributed by atoms with Crippen molar-refractivity contribution in [3.8, 4) is 6.07 Å². The second kappa shape index (κ2) is 9.36. The Balaban J connectivity index is 0.000000218. The fourth-order valence-corrected chi connectivity index (χ4v) is 2.24. The van der Waals surface area contributed by atoms with Crippen LogP contribution < -0.4 is 5.32 Å². The highest BCUT2D eigenvalue weighted by atomic mass is 19.1. The zero-order valence-corrected chi connectivity index (χ0v) is 14.9. The molecule has 24 heavy (non-hydrogen) atoms. The Morgan fingerprint density at radius 1 is 1.08 bits per heavy atom. The minimum atomic E-state index is -0.339. The highest BCUT2D eigenvalue weighted by molar-refractivity contribution is 5.84. The maximum Gasteiger partial charge on any atom is 0.125 e. The van der Waals surface area contributed by atoms with Gasteiger partial charge in [-0.2, -0.15) is 5.26 Å². The average Bonchev–Trinajstić information content (AvgIpc) is 2.92. The number of nitriles is 1. The molecule has 0 fully saturated rings. The van der Waals surface area contributed by atoms with Crippen molar-refractivity contribution in [2.45, 2.75) is 27.7 Å². The summed E-state index contributed by atoms with van der Waals surface area (Å²) in [7, 11) is 1.65. The van der Waals surface area contributed by atoms with E-state index < -0.39 is 0 Å². The number of aromatic nitrogens is 1. The molecule has 1 aromatic heterocycles. The Morgan fingerprint density at radius 2 is 1.75 bits per heavy atom. The van der Waals surface area contributed by atoms with E-state index in [-0.39, 0.29) is 5.82 Å². The number of para-hydroxylation sites is 1. The zero-order chi connectivity index (χ0) is 18.1. The van der Waals surface area contributed by atoms with Gasteiger partial charge < -0.3 is 10.3 Å². The third-order valence-corrected chi connectivity index (χ3v) is 3.59. The molecular formula is C20H24FN3. The molecular weight excluding hydrogens is 301 g/mol. The fourth-order valence-electron chi connectivity index (χ4n) is 2.24. The van der Waals surface area contributed by atoms with Crippen LogP contribution in [0, 0.1) is 31.0 Å². The molecule has 0 radical (unpaired) electrons. The molecule has 3 aromatic rings. The molecule has 0 saturated carbocycles. The molecule has 3 nitrogen and oxygen atoms in total. The summed E-state index contributed by atoms with van der Waals surface area (Å²) in [4.78, 5) is 3.33. The molecule has 0 spiro atoms. The van der Waals surface area contributed by atoms with E-state index in [1.807, 2.05) is 19.9 Å². The quantitative estimate of drug-likeness (QED) is 0.616. The third kappa shape index (κ3) is 4.60. The smallest absolute Gasteiger partial charge is 0.125 e. The molecule has 0 atom stereocenters. The van der Waals surface area contributed by atoms with Crippen LogP contribution in [0.15, 0.2) is 42.5 Å². The van der Waals surface area contributed by atoms with Gasteiger partial charge in [0.25, 0.3) is 0 Å². The maximum atomic E-state index is 12.5. The number of H-pyrrole nitrogens is 1. The van der Waals surface area contributed by atoms with Gasteiger partial charge in [-0.15, -0.1) is 0 Å². The second-order valence-electron chi connectivity index (χ2n) is 4.97. The van der Waals surface area contributed by atoms with Crippen LogP contribution in [0.2, 0.25) is 0 Å². The van der Waals surface area contributed by atoms with E-state index in [1.165, 1.54) is 40.4 Å². The van der Waals surface area contributed by atoms with E-state index in [2.05, 4.69) is 48.4 Å². The van der Waals surface area contributed by atoms with Crippen LogP contribution in [0.25, 0.3) is 10.9 Å². The molecule has 0 saturated heterocycles. The lowest BCUT2D eigenvalue weighted by atomic mass is 10.2. The third-order valence-electron chi connectivity index (χ3n) is 3.59. The van der Waals surface area contributed by atoms with Crippen LogP contribution >= 0.6 is 0 Å². The molecule has 0 amide bonds. The monoisotopic (exact) mass is 325 g/mol. The van der Waals surface area contributed by atoms with Gasteiger partial charge in [0.1, 0.15) is 11.9 Å². The lowest BCUT2D eigenvalue weighted by Crippen LogP contribution is -1.92. The minimum absolute atomic E-state index is 0.339. The summed E-state index contributed by atoms with van der Waals surface area (Å²) >= 11 is 0. The van der Waals surface area contributed by atoms with Crippen molar-refractivity contribution >= 4 is 16.6 Å². The van der Waals surface area contributed by atoms with Crippen LogP contribution in [0.1, 0.15) is 30.7 Å². The van der Waals surface area contributed by atoms with Gasteiger partial charge in [-0.3, -0.25) is 0 Å². The fraction of sp³-hybridized carbons (Fsp3) is 0.250. The number of halogens is 1. The van der Waals surface area contributed by atoms with Crippen LogP contribution in [-0.4, -0.2) is 12.0 Å². The zero-order valence-electron chi connectivity index (χ0n) is 14.9. The molecule has 0 aliphatic carbocycles. The average molecular weight is 325 g/mol. The highest BCUT2D eigenvalue weighted by Gasteiger charge is 2.01.